The molecule has 0 radical (unpaired) electrons. The molecule has 1 amide bonds. The maximum absolute atomic E-state index is 12.5. The maximum atomic E-state index is 12.5. The number of hydrogen-bond donors (Lipinski definition) is 0. The van der Waals surface area contributed by atoms with Gasteiger partial charge in [-0.15, -0.1) is 0 Å². The number of thiocarbonyl (C=S) groups is 1. The van der Waals surface area contributed by atoms with Crippen molar-refractivity contribution in [2.75, 3.05) is 6.54 Å². The van der Waals surface area contributed by atoms with Crippen molar-refractivity contribution in [3.63, 3.8) is 0 Å². The summed E-state index contributed by atoms with van der Waals surface area (Å²) in [6, 6.07) is 8.19. The lowest BCUT2D eigenvalue weighted by Crippen LogP contribution is -2.29. The fourth-order valence-electron chi connectivity index (χ4n) is 2.54. The third-order valence-electron chi connectivity index (χ3n) is 4.04. The summed E-state index contributed by atoms with van der Waals surface area (Å²) < 4.78 is 0.565. The van der Waals surface area contributed by atoms with Crippen LogP contribution in [-0.2, 0) is 9.59 Å². The van der Waals surface area contributed by atoms with Gasteiger partial charge in [-0.25, -0.2) is 0 Å². The number of aliphatic carboxylic acids is 1. The second-order valence-electron chi connectivity index (χ2n) is 6.34. The van der Waals surface area contributed by atoms with Gasteiger partial charge in [-0.2, -0.15) is 0 Å². The van der Waals surface area contributed by atoms with Crippen molar-refractivity contribution < 1.29 is 14.7 Å². The van der Waals surface area contributed by atoms with Gasteiger partial charge in [0.25, 0.3) is 5.91 Å². The van der Waals surface area contributed by atoms with Crippen LogP contribution in [0.1, 0.15) is 56.6 Å². The summed E-state index contributed by atoms with van der Waals surface area (Å²) in [6.07, 6.45) is 3.97. The summed E-state index contributed by atoms with van der Waals surface area (Å²) in [4.78, 5) is 25.1. The Morgan fingerprint density at radius 1 is 1.24 bits per heavy atom. The zero-order valence-electron chi connectivity index (χ0n) is 14.5. The summed E-state index contributed by atoms with van der Waals surface area (Å²) in [5.41, 5.74) is 2.25. The minimum Gasteiger partial charge on any atom is -0.550 e. The van der Waals surface area contributed by atoms with Crippen molar-refractivity contribution >= 4 is 46.3 Å². The fourth-order valence-corrected chi connectivity index (χ4v) is 3.85. The van der Waals surface area contributed by atoms with E-state index in [4.69, 9.17) is 12.2 Å². The highest BCUT2D eigenvalue weighted by Crippen LogP contribution is 2.33. The van der Waals surface area contributed by atoms with E-state index in [2.05, 4.69) is 26.0 Å². The van der Waals surface area contributed by atoms with Crippen LogP contribution in [0.15, 0.2) is 29.2 Å². The Kier molecular flexibility index (Phi) is 7.20. The molecule has 0 aliphatic carbocycles. The number of rotatable bonds is 8. The van der Waals surface area contributed by atoms with Crippen LogP contribution in [0.4, 0.5) is 0 Å². The molecule has 2 rings (SSSR count). The van der Waals surface area contributed by atoms with Gasteiger partial charge in [0.1, 0.15) is 4.32 Å². The first-order valence-electron chi connectivity index (χ1n) is 8.43. The van der Waals surface area contributed by atoms with E-state index in [0.29, 0.717) is 28.1 Å². The lowest BCUT2D eigenvalue weighted by atomic mass is 10.0. The Labute approximate surface area is 158 Å². The Hall–Kier alpha value is -1.66. The molecule has 1 aromatic rings. The number of thioether (sulfide) groups is 1. The molecule has 0 atom stereocenters. The van der Waals surface area contributed by atoms with Gasteiger partial charge >= 0.3 is 0 Å². The SMILES string of the molecule is CC(C)c1ccc(/C=C2\SC(=S)N(CCCCCC(=O)[O-])C2=O)cc1. The lowest BCUT2D eigenvalue weighted by molar-refractivity contribution is -0.305. The van der Waals surface area contributed by atoms with Gasteiger partial charge in [0.15, 0.2) is 0 Å². The van der Waals surface area contributed by atoms with E-state index < -0.39 is 5.97 Å². The van der Waals surface area contributed by atoms with E-state index >= 15 is 0 Å². The number of benzene rings is 1. The van der Waals surface area contributed by atoms with Crippen LogP contribution in [0.25, 0.3) is 6.08 Å². The van der Waals surface area contributed by atoms with Crippen molar-refractivity contribution in [1.29, 1.82) is 0 Å². The third-order valence-corrected chi connectivity index (χ3v) is 5.41. The highest BCUT2D eigenvalue weighted by Gasteiger charge is 2.31. The van der Waals surface area contributed by atoms with E-state index in [1.165, 1.54) is 17.3 Å². The topological polar surface area (TPSA) is 60.4 Å². The molecule has 0 saturated carbocycles. The van der Waals surface area contributed by atoms with Crippen LogP contribution in [0.2, 0.25) is 0 Å². The van der Waals surface area contributed by atoms with Crippen LogP contribution in [0, 0.1) is 0 Å². The lowest BCUT2D eigenvalue weighted by Gasteiger charge is -2.14. The molecule has 1 aliphatic heterocycles. The van der Waals surface area contributed by atoms with Crippen LogP contribution in [-0.4, -0.2) is 27.6 Å². The molecule has 1 aromatic carbocycles. The van der Waals surface area contributed by atoms with Gasteiger partial charge in [-0.05, 0) is 42.4 Å². The molecule has 6 heteroatoms. The Morgan fingerprint density at radius 3 is 2.52 bits per heavy atom. The highest BCUT2D eigenvalue weighted by atomic mass is 32.2. The van der Waals surface area contributed by atoms with Gasteiger partial charge < -0.3 is 9.90 Å². The van der Waals surface area contributed by atoms with Crippen molar-refractivity contribution in [3.8, 4) is 0 Å². The highest BCUT2D eigenvalue weighted by molar-refractivity contribution is 8.26. The Balaban J connectivity index is 1.94. The van der Waals surface area contributed by atoms with E-state index in [9.17, 15) is 14.7 Å². The molecule has 0 aromatic heterocycles. The number of unbranched alkanes of at least 4 members (excludes halogenated alkanes) is 2. The first-order chi connectivity index (χ1) is 11.9. The number of amides is 1. The zero-order valence-corrected chi connectivity index (χ0v) is 16.1. The molecule has 0 N–H and O–H groups in total. The molecule has 1 saturated heterocycles. The van der Waals surface area contributed by atoms with Crippen molar-refractivity contribution in [2.45, 2.75) is 45.4 Å². The van der Waals surface area contributed by atoms with Crippen molar-refractivity contribution in [2.24, 2.45) is 0 Å². The van der Waals surface area contributed by atoms with Gasteiger partial charge in [0.2, 0.25) is 0 Å². The number of hydrogen-bond acceptors (Lipinski definition) is 5. The monoisotopic (exact) mass is 376 g/mol. The number of nitrogens with zero attached hydrogens (tertiary/aromatic N) is 1. The van der Waals surface area contributed by atoms with Crippen molar-refractivity contribution in [3.05, 3.63) is 40.3 Å². The van der Waals surface area contributed by atoms with E-state index in [-0.39, 0.29) is 12.3 Å². The molecule has 0 bridgehead atoms. The van der Waals surface area contributed by atoms with Crippen LogP contribution < -0.4 is 5.11 Å². The van der Waals surface area contributed by atoms with Gasteiger partial charge in [-0.1, -0.05) is 68.5 Å². The predicted molar refractivity (Wildman–Crippen MR) is 104 cm³/mol. The molecule has 1 aliphatic rings. The second-order valence-corrected chi connectivity index (χ2v) is 8.01. The molecule has 1 fully saturated rings. The third kappa shape index (κ3) is 5.68. The van der Waals surface area contributed by atoms with E-state index in [1.807, 2.05) is 18.2 Å². The minimum atomic E-state index is -1.03. The summed E-state index contributed by atoms with van der Waals surface area (Å²) in [6.45, 7) is 4.82. The molecule has 1 heterocycles. The normalized spacial score (nSPS) is 16.3. The van der Waals surface area contributed by atoms with Crippen LogP contribution in [0.3, 0.4) is 0 Å². The molecular formula is C19H22NO3S2-. The van der Waals surface area contributed by atoms with Crippen LogP contribution >= 0.6 is 24.0 Å². The minimum absolute atomic E-state index is 0.0602. The zero-order chi connectivity index (χ0) is 18.4. The van der Waals surface area contributed by atoms with E-state index in [0.717, 1.165) is 18.4 Å². The number of carbonyl (C=O) groups is 2. The Bertz CT molecular complexity index is 680. The largest absolute Gasteiger partial charge is 0.550 e. The quantitative estimate of drug-likeness (QED) is 0.396. The fraction of sp³-hybridized carbons (Fsp3) is 0.421. The number of carboxylic acid groups (broad SMARTS) is 1. The van der Waals surface area contributed by atoms with E-state index in [1.54, 1.807) is 4.90 Å². The number of carboxylic acids is 1. The smallest absolute Gasteiger partial charge is 0.266 e. The molecule has 134 valence electrons. The first kappa shape index (κ1) is 19.7. The predicted octanol–water partition coefficient (Wildman–Crippen LogP) is 3.32. The molecule has 25 heavy (non-hydrogen) atoms. The average Bonchev–Trinajstić information content (AvgIpc) is 2.82. The maximum Gasteiger partial charge on any atom is 0.266 e. The Morgan fingerprint density at radius 2 is 1.92 bits per heavy atom. The standard InChI is InChI=1S/C19H23NO3S2/c1-13(2)15-9-7-14(8-10-15)12-16-18(23)20(19(24)25-16)11-5-3-4-6-17(21)22/h7-10,12-13H,3-6,11H2,1-2H3,(H,21,22)/p-1/b16-12-. The first-order valence-corrected chi connectivity index (χ1v) is 9.66. The average molecular weight is 377 g/mol. The van der Waals surface area contributed by atoms with Gasteiger partial charge in [-0.3, -0.25) is 9.69 Å². The number of carbonyl (C=O) groups excluding carboxylic acids is 2. The summed E-state index contributed by atoms with van der Waals surface area (Å²) in [7, 11) is 0. The van der Waals surface area contributed by atoms with Crippen LogP contribution in [0.5, 0.6) is 0 Å². The summed E-state index contributed by atoms with van der Waals surface area (Å²) in [5, 5.41) is 10.4. The van der Waals surface area contributed by atoms with Gasteiger partial charge in [0.05, 0.1) is 4.91 Å². The molecule has 0 spiro atoms. The molecule has 4 nitrogen and oxygen atoms in total. The molecule has 0 unspecified atom stereocenters. The summed E-state index contributed by atoms with van der Waals surface area (Å²) >= 11 is 6.63. The second kappa shape index (κ2) is 9.15. The summed E-state index contributed by atoms with van der Waals surface area (Å²) in [5.74, 6) is -0.621. The van der Waals surface area contributed by atoms with Gasteiger partial charge in [0, 0.05) is 12.5 Å². The molecular weight excluding hydrogens is 354 g/mol. The van der Waals surface area contributed by atoms with Crippen molar-refractivity contribution in [1.82, 2.24) is 4.90 Å².